The molecule has 0 aromatic rings. The fourth-order valence-corrected chi connectivity index (χ4v) is 2.07. The monoisotopic (exact) mass is 362 g/mol. The molecule has 0 radical (unpaired) electrons. The van der Waals surface area contributed by atoms with Crippen molar-refractivity contribution in [3.63, 3.8) is 0 Å². The zero-order chi connectivity index (χ0) is 19.9. The van der Waals surface area contributed by atoms with Gasteiger partial charge < -0.3 is 21.3 Å². The third-order valence-corrected chi connectivity index (χ3v) is 3.17. The number of hydrogen-bond acceptors (Lipinski definition) is 4. The van der Waals surface area contributed by atoms with Gasteiger partial charge in [-0.3, -0.25) is 9.59 Å². The van der Waals surface area contributed by atoms with Crippen molar-refractivity contribution in [2.45, 2.75) is 97.9 Å². The van der Waals surface area contributed by atoms with Crippen molar-refractivity contribution in [2.75, 3.05) is 13.1 Å². The molecule has 0 spiro atoms. The first-order valence-electron chi connectivity index (χ1n) is 9.59. The van der Waals surface area contributed by atoms with E-state index in [0.29, 0.717) is 0 Å². The first-order valence-corrected chi connectivity index (χ1v) is 9.59. The maximum atomic E-state index is 9.00. The standard InChI is InChI=1S/C15H34N2.2C2H4O2/c1-3-4-5-6-7-8-9-10-11-12-13-17-14-15(2)16;2*1-2(3)4/h15,17H,3-14,16H2,1-2H3;2*1H3,(H,3,4). The number of nitrogens with two attached hydrogens (primary N) is 1. The van der Waals surface area contributed by atoms with E-state index in [1.807, 2.05) is 6.92 Å². The minimum absolute atomic E-state index is 0.290. The van der Waals surface area contributed by atoms with Crippen LogP contribution < -0.4 is 11.1 Å². The summed E-state index contributed by atoms with van der Waals surface area (Å²) in [4.78, 5) is 18.0. The van der Waals surface area contributed by atoms with E-state index < -0.39 is 11.9 Å². The molecule has 1 unspecified atom stereocenters. The molecule has 0 saturated heterocycles. The van der Waals surface area contributed by atoms with Crippen molar-refractivity contribution in [3.05, 3.63) is 0 Å². The molecule has 152 valence electrons. The van der Waals surface area contributed by atoms with E-state index in [1.54, 1.807) is 0 Å². The van der Waals surface area contributed by atoms with Crippen molar-refractivity contribution in [1.82, 2.24) is 5.32 Å². The molecule has 0 amide bonds. The second-order valence-corrected chi connectivity index (χ2v) is 6.40. The Labute approximate surface area is 154 Å². The SMILES string of the molecule is CC(=O)O.CC(=O)O.CCCCCCCCCCCCNCC(C)N. The largest absolute Gasteiger partial charge is 0.481 e. The highest BCUT2D eigenvalue weighted by atomic mass is 16.4. The molecule has 1 atom stereocenters. The molecular weight excluding hydrogens is 320 g/mol. The molecule has 0 aliphatic rings. The zero-order valence-electron chi connectivity index (χ0n) is 16.9. The maximum Gasteiger partial charge on any atom is 0.300 e. The van der Waals surface area contributed by atoms with Crippen LogP contribution in [0, 0.1) is 0 Å². The molecule has 0 aromatic heterocycles. The van der Waals surface area contributed by atoms with Gasteiger partial charge in [0.25, 0.3) is 11.9 Å². The van der Waals surface area contributed by atoms with Crippen LogP contribution in [0.25, 0.3) is 0 Å². The summed E-state index contributed by atoms with van der Waals surface area (Å²) >= 11 is 0. The lowest BCUT2D eigenvalue weighted by atomic mass is 10.1. The van der Waals surface area contributed by atoms with Crippen molar-refractivity contribution in [3.8, 4) is 0 Å². The molecule has 0 rings (SSSR count). The van der Waals surface area contributed by atoms with Gasteiger partial charge in [0.2, 0.25) is 0 Å². The predicted octanol–water partition coefficient (Wildman–Crippen LogP) is 4.03. The molecular formula is C19H42N2O4. The highest BCUT2D eigenvalue weighted by Crippen LogP contribution is 2.10. The summed E-state index contributed by atoms with van der Waals surface area (Å²) in [6.07, 6.45) is 14.1. The third-order valence-electron chi connectivity index (χ3n) is 3.17. The van der Waals surface area contributed by atoms with Crippen LogP contribution in [0.4, 0.5) is 0 Å². The van der Waals surface area contributed by atoms with Crippen LogP contribution in [-0.2, 0) is 9.59 Å². The van der Waals surface area contributed by atoms with E-state index in [0.717, 1.165) is 26.9 Å². The number of rotatable bonds is 13. The lowest BCUT2D eigenvalue weighted by Gasteiger charge is -2.07. The number of unbranched alkanes of at least 4 members (excludes halogenated alkanes) is 9. The Morgan fingerprint density at radius 2 is 1.16 bits per heavy atom. The van der Waals surface area contributed by atoms with E-state index in [1.165, 1.54) is 64.2 Å². The third kappa shape index (κ3) is 60.1. The maximum absolute atomic E-state index is 9.00. The lowest BCUT2D eigenvalue weighted by Crippen LogP contribution is -2.31. The average molecular weight is 363 g/mol. The first kappa shape index (κ1) is 28.7. The summed E-state index contributed by atoms with van der Waals surface area (Å²) < 4.78 is 0. The first-order chi connectivity index (χ1) is 11.7. The van der Waals surface area contributed by atoms with E-state index in [-0.39, 0.29) is 6.04 Å². The highest BCUT2D eigenvalue weighted by molar-refractivity contribution is 5.63. The van der Waals surface area contributed by atoms with Crippen LogP contribution in [0.2, 0.25) is 0 Å². The van der Waals surface area contributed by atoms with Crippen LogP contribution >= 0.6 is 0 Å². The van der Waals surface area contributed by atoms with Crippen molar-refractivity contribution in [2.24, 2.45) is 5.73 Å². The van der Waals surface area contributed by atoms with Gasteiger partial charge in [-0.2, -0.15) is 0 Å². The summed E-state index contributed by atoms with van der Waals surface area (Å²) in [7, 11) is 0. The quantitative estimate of drug-likeness (QED) is 0.368. The second-order valence-electron chi connectivity index (χ2n) is 6.40. The summed E-state index contributed by atoms with van der Waals surface area (Å²) in [5.41, 5.74) is 5.66. The molecule has 0 aliphatic carbocycles. The van der Waals surface area contributed by atoms with Crippen LogP contribution in [0.15, 0.2) is 0 Å². The van der Waals surface area contributed by atoms with Gasteiger partial charge in [-0.25, -0.2) is 0 Å². The molecule has 0 aromatic carbocycles. The molecule has 0 fully saturated rings. The van der Waals surface area contributed by atoms with Crippen LogP contribution in [-0.4, -0.2) is 41.3 Å². The van der Waals surface area contributed by atoms with Gasteiger partial charge in [-0.05, 0) is 19.9 Å². The zero-order valence-corrected chi connectivity index (χ0v) is 16.9. The summed E-state index contributed by atoms with van der Waals surface area (Å²) in [5.74, 6) is -1.67. The lowest BCUT2D eigenvalue weighted by molar-refractivity contribution is -0.135. The fourth-order valence-electron chi connectivity index (χ4n) is 2.07. The van der Waals surface area contributed by atoms with Gasteiger partial charge in [0, 0.05) is 26.4 Å². The van der Waals surface area contributed by atoms with Gasteiger partial charge in [0.1, 0.15) is 0 Å². The average Bonchev–Trinajstić information content (AvgIpc) is 2.47. The Kier molecular flexibility index (Phi) is 28.8. The normalized spacial score (nSPS) is 10.8. The van der Waals surface area contributed by atoms with E-state index >= 15 is 0 Å². The molecule has 6 heteroatoms. The van der Waals surface area contributed by atoms with Gasteiger partial charge >= 0.3 is 0 Å². The number of carboxylic acid groups (broad SMARTS) is 2. The summed E-state index contributed by atoms with van der Waals surface area (Å²) in [6, 6.07) is 0.290. The van der Waals surface area contributed by atoms with E-state index in [4.69, 9.17) is 25.5 Å². The van der Waals surface area contributed by atoms with Gasteiger partial charge in [0.15, 0.2) is 0 Å². The highest BCUT2D eigenvalue weighted by Gasteiger charge is 1.94. The topological polar surface area (TPSA) is 113 Å². The van der Waals surface area contributed by atoms with Gasteiger partial charge in [0.05, 0.1) is 0 Å². The number of aliphatic carboxylic acids is 2. The van der Waals surface area contributed by atoms with Crippen molar-refractivity contribution >= 4 is 11.9 Å². The van der Waals surface area contributed by atoms with Gasteiger partial charge in [-0.15, -0.1) is 0 Å². The number of nitrogens with one attached hydrogen (secondary N) is 1. The Bertz CT molecular complexity index is 265. The minimum Gasteiger partial charge on any atom is -0.481 e. The molecule has 6 nitrogen and oxygen atoms in total. The smallest absolute Gasteiger partial charge is 0.300 e. The Balaban J connectivity index is -0.000000503. The molecule has 0 bridgehead atoms. The molecule has 0 heterocycles. The van der Waals surface area contributed by atoms with E-state index in [9.17, 15) is 0 Å². The predicted molar refractivity (Wildman–Crippen MR) is 105 cm³/mol. The van der Waals surface area contributed by atoms with Crippen LogP contribution in [0.5, 0.6) is 0 Å². The summed E-state index contributed by atoms with van der Waals surface area (Å²) in [5, 5.41) is 18.2. The van der Waals surface area contributed by atoms with E-state index in [2.05, 4.69) is 12.2 Å². The minimum atomic E-state index is -0.833. The molecule has 5 N–H and O–H groups in total. The second kappa shape index (κ2) is 25.1. The Hall–Kier alpha value is -1.14. The fraction of sp³-hybridized carbons (Fsp3) is 0.895. The van der Waals surface area contributed by atoms with Crippen molar-refractivity contribution in [1.29, 1.82) is 0 Å². The molecule has 25 heavy (non-hydrogen) atoms. The number of carbonyl (C=O) groups is 2. The summed E-state index contributed by atoms with van der Waals surface area (Å²) in [6.45, 7) is 8.58. The number of carboxylic acids is 2. The van der Waals surface area contributed by atoms with Gasteiger partial charge in [-0.1, -0.05) is 64.7 Å². The molecule has 0 aliphatic heterocycles. The molecule has 0 saturated carbocycles. The van der Waals surface area contributed by atoms with Crippen LogP contribution in [0.3, 0.4) is 0 Å². The Morgan fingerprint density at radius 3 is 1.48 bits per heavy atom. The van der Waals surface area contributed by atoms with Crippen LogP contribution in [0.1, 0.15) is 91.9 Å². The van der Waals surface area contributed by atoms with Crippen molar-refractivity contribution < 1.29 is 19.8 Å². The Morgan fingerprint density at radius 1 is 0.840 bits per heavy atom. The number of hydrogen-bond donors (Lipinski definition) is 4.